The molecule has 0 radical (unpaired) electrons. The molecule has 14 heteroatoms. The van der Waals surface area contributed by atoms with Crippen molar-refractivity contribution in [1.29, 1.82) is 0 Å². The van der Waals surface area contributed by atoms with Gasteiger partial charge in [-0.1, -0.05) is 52.5 Å². The second-order valence-corrected chi connectivity index (χ2v) is 14.2. The summed E-state index contributed by atoms with van der Waals surface area (Å²) >= 11 is 0. The molecule has 51 heavy (non-hydrogen) atoms. The fourth-order valence-corrected chi connectivity index (χ4v) is 7.76. The largest absolute Gasteiger partial charge is 0.462 e. The molecule has 3 fully saturated rings. The normalized spacial score (nSPS) is 34.2. The zero-order valence-corrected chi connectivity index (χ0v) is 30.3. The summed E-state index contributed by atoms with van der Waals surface area (Å²) in [4.78, 5) is 92.6. The number of esters is 6. The summed E-state index contributed by atoms with van der Waals surface area (Å²) in [6.07, 6.45) is -9.44. The maximum atomic E-state index is 14.9. The lowest BCUT2D eigenvalue weighted by Crippen LogP contribution is -2.60. The average Bonchev–Trinajstić information content (AvgIpc) is 3.80. The van der Waals surface area contributed by atoms with Crippen molar-refractivity contribution >= 4 is 41.6 Å². The Morgan fingerprint density at radius 1 is 0.745 bits per heavy atom. The summed E-state index contributed by atoms with van der Waals surface area (Å²) in [5.74, 6) is -8.68. The van der Waals surface area contributed by atoms with Crippen LogP contribution in [-0.4, -0.2) is 89.9 Å². The number of carbonyl (C=O) groups is 7. The molecular formula is C37H46O14. The summed E-state index contributed by atoms with van der Waals surface area (Å²) in [6, 6.07) is 7.82. The van der Waals surface area contributed by atoms with Crippen molar-refractivity contribution < 1.29 is 66.7 Å². The quantitative estimate of drug-likeness (QED) is 0.173. The molecule has 0 spiro atoms. The number of epoxide rings is 1. The number of hydrogen-bond acceptors (Lipinski definition) is 14. The molecule has 1 heterocycles. The van der Waals surface area contributed by atoms with Crippen LogP contribution in [-0.2, 0) is 61.9 Å². The third kappa shape index (κ3) is 8.00. The van der Waals surface area contributed by atoms with Gasteiger partial charge in [-0.2, -0.15) is 0 Å². The van der Waals surface area contributed by atoms with Gasteiger partial charge in [0.05, 0.1) is 23.7 Å². The second-order valence-electron chi connectivity index (χ2n) is 14.2. The second kappa shape index (κ2) is 14.9. The van der Waals surface area contributed by atoms with E-state index in [2.05, 4.69) is 6.58 Å². The Morgan fingerprint density at radius 3 is 1.82 bits per heavy atom. The van der Waals surface area contributed by atoms with E-state index >= 15 is 0 Å². The van der Waals surface area contributed by atoms with E-state index in [9.17, 15) is 33.6 Å². The molecule has 1 saturated heterocycles. The van der Waals surface area contributed by atoms with Gasteiger partial charge in [-0.05, 0) is 18.1 Å². The molecule has 0 amide bonds. The number of fused-ring (bicyclic) bond motifs is 2. The molecule has 3 aliphatic rings. The van der Waals surface area contributed by atoms with Gasteiger partial charge in [0.25, 0.3) is 0 Å². The van der Waals surface area contributed by atoms with Gasteiger partial charge in [0.15, 0.2) is 29.7 Å². The molecule has 0 bridgehead atoms. The van der Waals surface area contributed by atoms with Crippen molar-refractivity contribution in [3.63, 3.8) is 0 Å². The fourth-order valence-electron chi connectivity index (χ4n) is 7.76. The van der Waals surface area contributed by atoms with E-state index in [4.69, 9.17) is 33.2 Å². The topological polar surface area (TPSA) is 187 Å². The van der Waals surface area contributed by atoms with Gasteiger partial charge in [0.2, 0.25) is 0 Å². The monoisotopic (exact) mass is 714 g/mol. The van der Waals surface area contributed by atoms with Gasteiger partial charge in [-0.3, -0.25) is 28.8 Å². The van der Waals surface area contributed by atoms with Crippen LogP contribution >= 0.6 is 0 Å². The Hall–Kier alpha value is -4.59. The molecule has 1 aromatic rings. The van der Waals surface area contributed by atoms with Crippen LogP contribution in [0.4, 0.5) is 0 Å². The van der Waals surface area contributed by atoms with Crippen molar-refractivity contribution in [3.05, 3.63) is 48.0 Å². The number of rotatable bonds is 7. The van der Waals surface area contributed by atoms with Gasteiger partial charge in [0, 0.05) is 57.9 Å². The molecule has 11 atom stereocenters. The van der Waals surface area contributed by atoms with E-state index in [1.54, 1.807) is 45.9 Å². The summed E-state index contributed by atoms with van der Waals surface area (Å²) in [5, 5.41) is 0. The third-order valence-electron chi connectivity index (χ3n) is 9.81. The number of ketones is 1. The van der Waals surface area contributed by atoms with E-state index in [1.807, 2.05) is 0 Å². The highest BCUT2D eigenvalue weighted by Crippen LogP contribution is 2.54. The van der Waals surface area contributed by atoms with E-state index in [1.165, 1.54) is 12.1 Å². The van der Waals surface area contributed by atoms with Crippen molar-refractivity contribution in [2.24, 2.45) is 23.2 Å². The number of carbonyl (C=O) groups excluding carboxylic acids is 7. The molecule has 4 rings (SSSR count). The first kappa shape index (κ1) is 39.2. The van der Waals surface area contributed by atoms with Crippen molar-refractivity contribution in [2.45, 2.75) is 117 Å². The fraction of sp³-hybridized carbons (Fsp3) is 0.595. The van der Waals surface area contributed by atoms with E-state index in [0.717, 1.165) is 34.6 Å². The van der Waals surface area contributed by atoms with Crippen LogP contribution in [0.3, 0.4) is 0 Å². The summed E-state index contributed by atoms with van der Waals surface area (Å²) in [6.45, 7) is 16.4. The van der Waals surface area contributed by atoms with Crippen LogP contribution in [0.1, 0.15) is 79.1 Å². The Labute approximate surface area is 296 Å². The SMILES string of the molecule is C=C1[C@H](OC(=O)c2ccccc2)[C@@H](OC(C)=O)[C@@H](OC(C)=O)C(C)(C)[C@H]2O[C@@H]2[C@@H](C)C(=O)[C@@]2(OC(C)=O)C[C@H](C)[C@H](OC(C)=O)[C@@H]2[C@H]1OC(C)=O. The lowest BCUT2D eigenvalue weighted by molar-refractivity contribution is -0.193. The van der Waals surface area contributed by atoms with Crippen LogP contribution < -0.4 is 0 Å². The summed E-state index contributed by atoms with van der Waals surface area (Å²) in [7, 11) is 0. The molecular weight excluding hydrogens is 668 g/mol. The molecule has 1 aliphatic heterocycles. The number of Topliss-reactive ketones (excluding diaryl/α,β-unsaturated/α-hetero) is 1. The lowest BCUT2D eigenvalue weighted by Gasteiger charge is -2.45. The third-order valence-corrected chi connectivity index (χ3v) is 9.81. The van der Waals surface area contributed by atoms with Crippen LogP contribution in [0.5, 0.6) is 0 Å². The van der Waals surface area contributed by atoms with E-state index in [-0.39, 0.29) is 17.6 Å². The van der Waals surface area contributed by atoms with Gasteiger partial charge in [-0.25, -0.2) is 4.79 Å². The first-order chi connectivity index (χ1) is 23.7. The summed E-state index contributed by atoms with van der Waals surface area (Å²) < 4.78 is 41.6. The smallest absolute Gasteiger partial charge is 0.338 e. The predicted octanol–water partition coefficient (Wildman–Crippen LogP) is 3.47. The Bertz CT molecular complexity index is 1580. The van der Waals surface area contributed by atoms with Crippen LogP contribution in [0.15, 0.2) is 42.5 Å². The van der Waals surface area contributed by atoms with Crippen molar-refractivity contribution in [2.75, 3.05) is 0 Å². The highest BCUT2D eigenvalue weighted by atomic mass is 16.6. The molecule has 278 valence electrons. The maximum absolute atomic E-state index is 14.9. The zero-order chi connectivity index (χ0) is 38.2. The minimum atomic E-state index is -2.08. The highest BCUT2D eigenvalue weighted by molar-refractivity contribution is 5.93. The van der Waals surface area contributed by atoms with Crippen LogP contribution in [0, 0.1) is 23.2 Å². The van der Waals surface area contributed by atoms with Crippen molar-refractivity contribution in [1.82, 2.24) is 0 Å². The molecule has 2 saturated carbocycles. The molecule has 1 aromatic carbocycles. The molecule has 14 nitrogen and oxygen atoms in total. The first-order valence-corrected chi connectivity index (χ1v) is 16.8. The number of hydrogen-bond donors (Lipinski definition) is 0. The number of ether oxygens (including phenoxy) is 7. The Balaban J connectivity index is 2.09. The summed E-state index contributed by atoms with van der Waals surface area (Å²) in [5.41, 5.74) is -3.47. The lowest BCUT2D eigenvalue weighted by atomic mass is 9.69. The molecule has 0 unspecified atom stereocenters. The Morgan fingerprint density at radius 2 is 1.29 bits per heavy atom. The van der Waals surface area contributed by atoms with Crippen molar-refractivity contribution in [3.8, 4) is 0 Å². The minimum Gasteiger partial charge on any atom is -0.462 e. The molecule has 0 N–H and O–H groups in total. The van der Waals surface area contributed by atoms with Gasteiger partial charge >= 0.3 is 35.8 Å². The minimum absolute atomic E-state index is 0.0847. The van der Waals surface area contributed by atoms with Crippen LogP contribution in [0.25, 0.3) is 0 Å². The average molecular weight is 715 g/mol. The van der Waals surface area contributed by atoms with Gasteiger partial charge < -0.3 is 33.2 Å². The highest BCUT2D eigenvalue weighted by Gasteiger charge is 2.69. The molecule has 0 aromatic heterocycles. The maximum Gasteiger partial charge on any atom is 0.338 e. The predicted molar refractivity (Wildman–Crippen MR) is 175 cm³/mol. The Kier molecular flexibility index (Phi) is 11.5. The first-order valence-electron chi connectivity index (χ1n) is 16.8. The van der Waals surface area contributed by atoms with Gasteiger partial charge in [0.1, 0.15) is 12.2 Å². The van der Waals surface area contributed by atoms with Crippen LogP contribution in [0.2, 0.25) is 0 Å². The number of benzene rings is 1. The van der Waals surface area contributed by atoms with E-state index in [0.29, 0.717) is 0 Å². The zero-order valence-electron chi connectivity index (χ0n) is 30.3. The van der Waals surface area contributed by atoms with E-state index < -0.39 is 113 Å². The van der Waals surface area contributed by atoms with Gasteiger partial charge in [-0.15, -0.1) is 0 Å². The molecule has 2 aliphatic carbocycles. The standard InChI is InChI=1S/C37H46O14/c1-17-16-37(51-24(8)42)26(27(17)45-20(4)38)28(46-21(5)39)18(2)29(50-35(44)25-14-12-11-13-15-25)31(47-22(6)40)34(48-23(7)41)36(9,10)33-30(49-33)19(3)32(37)43/h11-15,17,19,26-31,33-34H,2,16H2,1,3-10H3/t17-,19+,26+,27-,28-,29-,30+,31+,33-,34+,37+/m0/s1.